The minimum atomic E-state index is -2.69. The van der Waals surface area contributed by atoms with Gasteiger partial charge < -0.3 is 4.74 Å². The maximum absolute atomic E-state index is 12.6. The molecule has 0 saturated heterocycles. The van der Waals surface area contributed by atoms with Gasteiger partial charge in [0, 0.05) is 10.8 Å². The standard InChI is InChI=1S/C10H17F2IO/c1-10(11,12)7-14-9-6-4-2-3-5-8(9)13/h8-9H,2-7H2,1H3. The number of rotatable bonds is 3. The second-order valence-corrected chi connectivity index (χ2v) is 5.67. The molecule has 14 heavy (non-hydrogen) atoms. The lowest BCUT2D eigenvalue weighted by atomic mass is 10.1. The van der Waals surface area contributed by atoms with E-state index in [0.717, 1.165) is 26.2 Å². The highest BCUT2D eigenvalue weighted by Gasteiger charge is 2.27. The predicted octanol–water partition coefficient (Wildman–Crippen LogP) is 3.79. The lowest BCUT2D eigenvalue weighted by Crippen LogP contribution is -2.29. The minimum absolute atomic E-state index is 0.0314. The van der Waals surface area contributed by atoms with Crippen molar-refractivity contribution in [2.75, 3.05) is 6.61 Å². The molecule has 1 aliphatic carbocycles. The maximum Gasteiger partial charge on any atom is 0.268 e. The van der Waals surface area contributed by atoms with Crippen LogP contribution in [-0.4, -0.2) is 22.6 Å². The number of alkyl halides is 3. The van der Waals surface area contributed by atoms with E-state index in [-0.39, 0.29) is 6.10 Å². The molecule has 0 aliphatic heterocycles. The van der Waals surface area contributed by atoms with Crippen molar-refractivity contribution in [1.29, 1.82) is 0 Å². The fraction of sp³-hybridized carbons (Fsp3) is 1.00. The Morgan fingerprint density at radius 1 is 1.29 bits per heavy atom. The summed E-state index contributed by atoms with van der Waals surface area (Å²) in [6, 6.07) is 0. The zero-order valence-corrected chi connectivity index (χ0v) is 10.6. The highest BCUT2D eigenvalue weighted by molar-refractivity contribution is 14.1. The van der Waals surface area contributed by atoms with Crippen molar-refractivity contribution < 1.29 is 13.5 Å². The van der Waals surface area contributed by atoms with Gasteiger partial charge in [0.05, 0.1) is 6.10 Å². The van der Waals surface area contributed by atoms with Gasteiger partial charge in [0.15, 0.2) is 0 Å². The molecule has 0 spiro atoms. The second-order valence-electron chi connectivity index (χ2n) is 4.07. The van der Waals surface area contributed by atoms with Crippen molar-refractivity contribution >= 4 is 22.6 Å². The summed E-state index contributed by atoms with van der Waals surface area (Å²) in [6.45, 7) is 0.475. The van der Waals surface area contributed by atoms with Gasteiger partial charge in [-0.15, -0.1) is 0 Å². The number of ether oxygens (including phenoxy) is 1. The monoisotopic (exact) mass is 318 g/mol. The molecular weight excluding hydrogens is 301 g/mol. The van der Waals surface area contributed by atoms with Crippen LogP contribution in [0, 0.1) is 0 Å². The highest BCUT2D eigenvalue weighted by Crippen LogP contribution is 2.27. The predicted molar refractivity (Wildman–Crippen MR) is 61.3 cm³/mol. The summed E-state index contributed by atoms with van der Waals surface area (Å²) in [5.74, 6) is -2.69. The van der Waals surface area contributed by atoms with Crippen LogP contribution in [0.5, 0.6) is 0 Å². The van der Waals surface area contributed by atoms with Gasteiger partial charge in [0.1, 0.15) is 6.61 Å². The molecule has 0 bridgehead atoms. The number of hydrogen-bond donors (Lipinski definition) is 0. The molecule has 0 heterocycles. The molecule has 0 aromatic carbocycles. The fourth-order valence-electron chi connectivity index (χ4n) is 1.67. The van der Waals surface area contributed by atoms with Crippen molar-refractivity contribution in [3.8, 4) is 0 Å². The Bertz CT molecular complexity index is 170. The van der Waals surface area contributed by atoms with Crippen LogP contribution >= 0.6 is 22.6 Å². The number of halogens is 3. The van der Waals surface area contributed by atoms with Crippen molar-refractivity contribution in [2.24, 2.45) is 0 Å². The first-order chi connectivity index (χ1) is 6.49. The van der Waals surface area contributed by atoms with E-state index in [2.05, 4.69) is 22.6 Å². The van der Waals surface area contributed by atoms with E-state index in [9.17, 15) is 8.78 Å². The van der Waals surface area contributed by atoms with Crippen molar-refractivity contribution in [3.63, 3.8) is 0 Å². The van der Waals surface area contributed by atoms with E-state index in [1.54, 1.807) is 0 Å². The van der Waals surface area contributed by atoms with Gasteiger partial charge in [-0.25, -0.2) is 8.78 Å². The molecule has 0 N–H and O–H groups in total. The van der Waals surface area contributed by atoms with Gasteiger partial charge in [0.2, 0.25) is 0 Å². The van der Waals surface area contributed by atoms with Gasteiger partial charge in [-0.3, -0.25) is 0 Å². The van der Waals surface area contributed by atoms with E-state index in [1.807, 2.05) is 0 Å². The first kappa shape index (κ1) is 12.6. The van der Waals surface area contributed by atoms with Crippen molar-refractivity contribution in [1.82, 2.24) is 0 Å². The Balaban J connectivity index is 2.33. The molecule has 0 aromatic heterocycles. The van der Waals surface area contributed by atoms with Crippen LogP contribution < -0.4 is 0 Å². The summed E-state index contributed by atoms with van der Waals surface area (Å²) in [4.78, 5) is 0. The maximum atomic E-state index is 12.6. The fourth-order valence-corrected chi connectivity index (χ4v) is 2.68. The minimum Gasteiger partial charge on any atom is -0.371 e. The summed E-state index contributed by atoms with van der Waals surface area (Å²) >= 11 is 2.33. The zero-order chi connectivity index (χ0) is 10.6. The average Bonchev–Trinajstić information content (AvgIpc) is 2.25. The van der Waals surface area contributed by atoms with Crippen LogP contribution in [0.4, 0.5) is 8.78 Å². The van der Waals surface area contributed by atoms with Crippen LogP contribution in [0.1, 0.15) is 39.0 Å². The topological polar surface area (TPSA) is 9.23 Å². The third kappa shape index (κ3) is 4.87. The van der Waals surface area contributed by atoms with Gasteiger partial charge in [-0.05, 0) is 12.8 Å². The van der Waals surface area contributed by atoms with Crippen LogP contribution in [-0.2, 0) is 4.74 Å². The highest BCUT2D eigenvalue weighted by atomic mass is 127. The second kappa shape index (κ2) is 5.58. The molecule has 0 aromatic rings. The van der Waals surface area contributed by atoms with E-state index in [4.69, 9.17) is 4.74 Å². The quantitative estimate of drug-likeness (QED) is 0.437. The summed E-state index contributed by atoms with van der Waals surface area (Å²) in [5, 5.41) is 0. The normalized spacial score (nSPS) is 30.0. The van der Waals surface area contributed by atoms with Crippen LogP contribution in [0.2, 0.25) is 0 Å². The SMILES string of the molecule is CC(F)(F)COC1CCCCCC1I. The Morgan fingerprint density at radius 3 is 2.57 bits per heavy atom. The molecular formula is C10H17F2IO. The van der Waals surface area contributed by atoms with Gasteiger partial charge in [-0.1, -0.05) is 41.9 Å². The van der Waals surface area contributed by atoms with E-state index in [0.29, 0.717) is 3.92 Å². The molecule has 2 unspecified atom stereocenters. The van der Waals surface area contributed by atoms with Crippen molar-refractivity contribution in [3.05, 3.63) is 0 Å². The number of hydrogen-bond acceptors (Lipinski definition) is 1. The van der Waals surface area contributed by atoms with Crippen LogP contribution in [0.25, 0.3) is 0 Å². The Labute approximate surface area is 97.7 Å². The van der Waals surface area contributed by atoms with E-state index in [1.165, 1.54) is 12.8 Å². The molecule has 2 atom stereocenters. The lowest BCUT2D eigenvalue weighted by Gasteiger charge is -2.22. The first-order valence-electron chi connectivity index (χ1n) is 5.12. The average molecular weight is 318 g/mol. The Hall–Kier alpha value is 0.550. The molecule has 4 heteroatoms. The van der Waals surface area contributed by atoms with Gasteiger partial charge >= 0.3 is 0 Å². The molecule has 1 saturated carbocycles. The van der Waals surface area contributed by atoms with E-state index >= 15 is 0 Å². The smallest absolute Gasteiger partial charge is 0.268 e. The van der Waals surface area contributed by atoms with Crippen LogP contribution in [0.3, 0.4) is 0 Å². The summed E-state index contributed by atoms with van der Waals surface area (Å²) in [5.41, 5.74) is 0. The molecule has 0 radical (unpaired) electrons. The molecule has 1 aliphatic rings. The summed E-state index contributed by atoms with van der Waals surface area (Å²) in [6.07, 6.45) is 5.59. The summed E-state index contributed by atoms with van der Waals surface area (Å²) < 4.78 is 30.8. The largest absolute Gasteiger partial charge is 0.371 e. The molecule has 1 rings (SSSR count). The van der Waals surface area contributed by atoms with Crippen molar-refractivity contribution in [2.45, 2.75) is 55.0 Å². The van der Waals surface area contributed by atoms with Crippen LogP contribution in [0.15, 0.2) is 0 Å². The summed E-state index contributed by atoms with van der Waals surface area (Å²) in [7, 11) is 0. The molecule has 84 valence electrons. The molecule has 0 amide bonds. The Kier molecular flexibility index (Phi) is 5.03. The molecule has 1 nitrogen and oxygen atoms in total. The molecule has 1 fully saturated rings. The first-order valence-corrected chi connectivity index (χ1v) is 6.37. The van der Waals surface area contributed by atoms with Gasteiger partial charge in [0.25, 0.3) is 5.92 Å². The third-order valence-corrected chi connectivity index (χ3v) is 3.85. The zero-order valence-electron chi connectivity index (χ0n) is 8.44. The van der Waals surface area contributed by atoms with E-state index < -0.39 is 12.5 Å². The Morgan fingerprint density at radius 2 is 1.93 bits per heavy atom. The third-order valence-electron chi connectivity index (χ3n) is 2.42. The van der Waals surface area contributed by atoms with Gasteiger partial charge in [-0.2, -0.15) is 0 Å². The lowest BCUT2D eigenvalue weighted by molar-refractivity contribution is -0.0874.